The molecule has 5 heteroatoms. The lowest BCUT2D eigenvalue weighted by molar-refractivity contribution is -0.134. The van der Waals surface area contributed by atoms with Crippen molar-refractivity contribution in [2.75, 3.05) is 5.32 Å². The maximum absolute atomic E-state index is 10.8. The molecule has 2 rings (SSSR count). The summed E-state index contributed by atoms with van der Waals surface area (Å²) in [4.78, 5) is 21.5. The molecule has 0 radical (unpaired) electrons. The molecule has 1 amide bonds. The number of hydrogen-bond acceptors (Lipinski definition) is 4. The number of fused-ring (bicyclic) bond motifs is 1. The van der Waals surface area contributed by atoms with Crippen molar-refractivity contribution in [3.63, 3.8) is 0 Å². The summed E-state index contributed by atoms with van der Waals surface area (Å²) in [7, 11) is 0. The number of rotatable bonds is 0. The molecule has 1 aromatic heterocycles. The average Bonchev–Trinajstić information content (AvgIpc) is 2.36. The van der Waals surface area contributed by atoms with Crippen LogP contribution in [0.4, 0.5) is 5.82 Å². The van der Waals surface area contributed by atoms with Gasteiger partial charge in [0.15, 0.2) is 5.82 Å². The van der Waals surface area contributed by atoms with Crippen molar-refractivity contribution in [2.45, 2.75) is 6.42 Å². The number of carbonyl (C=O) groups is 2. The Kier molecular flexibility index (Phi) is 1.06. The van der Waals surface area contributed by atoms with Crippen LogP contribution in [-0.4, -0.2) is 16.8 Å². The van der Waals surface area contributed by atoms with E-state index in [0.29, 0.717) is 11.4 Å². The molecule has 0 bridgehead atoms. The van der Waals surface area contributed by atoms with Gasteiger partial charge in [0, 0.05) is 12.0 Å². The quantitative estimate of drug-likeness (QED) is 0.520. The van der Waals surface area contributed by atoms with Crippen molar-refractivity contribution in [1.82, 2.24) is 5.16 Å². The van der Waals surface area contributed by atoms with Gasteiger partial charge in [-0.1, -0.05) is 5.16 Å². The fourth-order valence-corrected chi connectivity index (χ4v) is 0.916. The number of aromatic nitrogens is 1. The van der Waals surface area contributed by atoms with Crippen LogP contribution < -0.4 is 5.32 Å². The first-order valence-electron chi connectivity index (χ1n) is 3.05. The second-order valence-electron chi connectivity index (χ2n) is 2.24. The summed E-state index contributed by atoms with van der Waals surface area (Å²) in [5.74, 6) is -0.721. The molecule has 0 aromatic carbocycles. The summed E-state index contributed by atoms with van der Waals surface area (Å²) < 4.78 is 4.55. The Labute approximate surface area is 61.4 Å². The number of anilines is 1. The monoisotopic (exact) mass is 152 g/mol. The van der Waals surface area contributed by atoms with E-state index in [-0.39, 0.29) is 6.42 Å². The zero-order valence-corrected chi connectivity index (χ0v) is 5.46. The lowest BCUT2D eigenvalue weighted by atomic mass is 10.1. The van der Waals surface area contributed by atoms with Gasteiger partial charge in [0.2, 0.25) is 5.78 Å². The fraction of sp³-hybridized carbons (Fsp3) is 0.167. The third-order valence-electron chi connectivity index (χ3n) is 1.48. The van der Waals surface area contributed by atoms with Gasteiger partial charge in [-0.05, 0) is 0 Å². The van der Waals surface area contributed by atoms with Crippen LogP contribution in [0.1, 0.15) is 5.56 Å². The van der Waals surface area contributed by atoms with Crippen LogP contribution in [0, 0.1) is 0 Å². The standard InChI is InChI=1S/C6H4N2O3/c9-4-1-3-2-11-8-5(3)7-6(4)10/h2H,1H2,(H,7,8,10). The summed E-state index contributed by atoms with van der Waals surface area (Å²) in [6.45, 7) is 0. The van der Waals surface area contributed by atoms with Crippen LogP contribution >= 0.6 is 0 Å². The minimum atomic E-state index is -0.619. The topological polar surface area (TPSA) is 72.2 Å². The molecule has 0 saturated heterocycles. The first-order valence-corrected chi connectivity index (χ1v) is 3.05. The maximum Gasteiger partial charge on any atom is 0.293 e. The van der Waals surface area contributed by atoms with Gasteiger partial charge in [0.1, 0.15) is 6.26 Å². The second kappa shape index (κ2) is 1.91. The van der Waals surface area contributed by atoms with Crippen LogP contribution in [0.15, 0.2) is 10.8 Å². The lowest BCUT2D eigenvalue weighted by Gasteiger charge is -2.06. The van der Waals surface area contributed by atoms with Crippen molar-refractivity contribution in [3.05, 3.63) is 11.8 Å². The molecule has 11 heavy (non-hydrogen) atoms. The van der Waals surface area contributed by atoms with Gasteiger partial charge in [-0.25, -0.2) is 0 Å². The van der Waals surface area contributed by atoms with Crippen molar-refractivity contribution in [3.8, 4) is 0 Å². The molecule has 2 heterocycles. The van der Waals surface area contributed by atoms with Crippen LogP contribution in [0.25, 0.3) is 0 Å². The molecule has 5 nitrogen and oxygen atoms in total. The first-order chi connectivity index (χ1) is 5.27. The van der Waals surface area contributed by atoms with E-state index in [2.05, 4.69) is 15.0 Å². The van der Waals surface area contributed by atoms with Gasteiger partial charge in [0.05, 0.1) is 0 Å². The molecular weight excluding hydrogens is 148 g/mol. The Morgan fingerprint density at radius 1 is 1.55 bits per heavy atom. The third-order valence-corrected chi connectivity index (χ3v) is 1.48. The van der Waals surface area contributed by atoms with E-state index in [1.807, 2.05) is 0 Å². The number of amides is 1. The van der Waals surface area contributed by atoms with E-state index in [9.17, 15) is 9.59 Å². The zero-order valence-electron chi connectivity index (χ0n) is 5.46. The minimum absolute atomic E-state index is 0.0880. The number of Topliss-reactive ketones (excluding diaryl/α,β-unsaturated/α-hetero) is 1. The smallest absolute Gasteiger partial charge is 0.293 e. The molecule has 0 unspecified atom stereocenters. The first kappa shape index (κ1) is 6.09. The molecule has 0 saturated carbocycles. The van der Waals surface area contributed by atoms with Crippen LogP contribution in [0.3, 0.4) is 0 Å². The minimum Gasteiger partial charge on any atom is -0.362 e. The molecular formula is C6H4N2O3. The molecule has 56 valence electrons. The largest absolute Gasteiger partial charge is 0.362 e. The number of carbonyl (C=O) groups excluding carboxylic acids is 2. The number of ketones is 1. The number of hydrogen-bond donors (Lipinski definition) is 1. The molecule has 1 aromatic rings. The Morgan fingerprint density at radius 3 is 3.18 bits per heavy atom. The summed E-state index contributed by atoms with van der Waals surface area (Å²) in [5.41, 5.74) is 0.634. The van der Waals surface area contributed by atoms with Crippen molar-refractivity contribution < 1.29 is 14.1 Å². The molecule has 1 aliphatic rings. The molecule has 0 atom stereocenters. The normalized spacial score (nSPS) is 16.0. The Balaban J connectivity index is 2.45. The van der Waals surface area contributed by atoms with Crippen LogP contribution in [0.2, 0.25) is 0 Å². The van der Waals surface area contributed by atoms with Gasteiger partial charge in [-0.3, -0.25) is 9.59 Å². The second-order valence-corrected chi connectivity index (χ2v) is 2.24. The lowest BCUT2D eigenvalue weighted by Crippen LogP contribution is -2.29. The average molecular weight is 152 g/mol. The molecule has 0 aliphatic carbocycles. The van der Waals surface area contributed by atoms with Crippen molar-refractivity contribution in [2.24, 2.45) is 0 Å². The molecule has 0 fully saturated rings. The van der Waals surface area contributed by atoms with E-state index < -0.39 is 11.7 Å². The van der Waals surface area contributed by atoms with E-state index >= 15 is 0 Å². The summed E-state index contributed by atoms with van der Waals surface area (Å²) in [6, 6.07) is 0. The van der Waals surface area contributed by atoms with Crippen LogP contribution in [0.5, 0.6) is 0 Å². The van der Waals surface area contributed by atoms with Gasteiger partial charge in [0.25, 0.3) is 5.91 Å². The SMILES string of the molecule is O=C1Cc2conc2NC1=O. The Hall–Kier alpha value is -1.65. The van der Waals surface area contributed by atoms with Gasteiger partial charge >= 0.3 is 0 Å². The van der Waals surface area contributed by atoms with Gasteiger partial charge in [-0.15, -0.1) is 0 Å². The fourth-order valence-electron chi connectivity index (χ4n) is 0.916. The Bertz CT molecular complexity index is 298. The maximum atomic E-state index is 10.8. The van der Waals surface area contributed by atoms with E-state index in [1.165, 1.54) is 6.26 Å². The highest BCUT2D eigenvalue weighted by Gasteiger charge is 2.25. The zero-order chi connectivity index (χ0) is 7.84. The molecule has 1 aliphatic heterocycles. The summed E-state index contributed by atoms with van der Waals surface area (Å²) >= 11 is 0. The van der Waals surface area contributed by atoms with Gasteiger partial charge in [-0.2, -0.15) is 0 Å². The van der Waals surface area contributed by atoms with Gasteiger partial charge < -0.3 is 9.84 Å². The highest BCUT2D eigenvalue weighted by Crippen LogP contribution is 2.17. The highest BCUT2D eigenvalue weighted by atomic mass is 16.5. The third kappa shape index (κ3) is 0.813. The van der Waals surface area contributed by atoms with Crippen molar-refractivity contribution in [1.29, 1.82) is 0 Å². The molecule has 0 spiro atoms. The summed E-state index contributed by atoms with van der Waals surface area (Å²) in [6.07, 6.45) is 1.44. The molecule has 1 N–H and O–H groups in total. The number of nitrogens with one attached hydrogen (secondary N) is 1. The number of nitrogens with zero attached hydrogens (tertiary/aromatic N) is 1. The summed E-state index contributed by atoms with van der Waals surface area (Å²) in [5, 5.41) is 5.78. The predicted molar refractivity (Wildman–Crippen MR) is 33.8 cm³/mol. The predicted octanol–water partition coefficient (Wildman–Crippen LogP) is -0.262. The van der Waals surface area contributed by atoms with Crippen LogP contribution in [-0.2, 0) is 16.0 Å². The van der Waals surface area contributed by atoms with E-state index in [1.54, 1.807) is 0 Å². The van der Waals surface area contributed by atoms with E-state index in [4.69, 9.17) is 0 Å². The highest BCUT2D eigenvalue weighted by molar-refractivity contribution is 6.42. The van der Waals surface area contributed by atoms with E-state index in [0.717, 1.165) is 0 Å². The Morgan fingerprint density at radius 2 is 2.36 bits per heavy atom. The van der Waals surface area contributed by atoms with Crippen molar-refractivity contribution >= 4 is 17.5 Å².